The summed E-state index contributed by atoms with van der Waals surface area (Å²) in [7, 11) is 3.36. The number of aromatic amines is 1. The Labute approximate surface area is 147 Å². The number of nitrogens with one attached hydrogen (secondary N) is 1. The lowest BCUT2D eigenvalue weighted by Crippen LogP contribution is -2.37. The molecule has 10 nitrogen and oxygen atoms in total. The van der Waals surface area contributed by atoms with Gasteiger partial charge in [-0.2, -0.15) is 10.1 Å². The van der Waals surface area contributed by atoms with Crippen LogP contribution < -0.4 is 0 Å². The molecule has 3 aromatic rings. The number of carboxylic acids is 1. The molecule has 0 saturated carbocycles. The maximum atomic E-state index is 11.4. The zero-order chi connectivity index (χ0) is 18.8. The Morgan fingerprint density at radius 2 is 2.15 bits per heavy atom. The number of likely N-dealkylation sites (N-methyl/N-ethyl adjacent to an activating group) is 1. The Kier molecular flexibility index (Phi) is 4.67. The number of carboxylic acid groups (broad SMARTS) is 1. The van der Waals surface area contributed by atoms with Crippen LogP contribution in [0.1, 0.15) is 11.5 Å². The third-order valence-corrected chi connectivity index (χ3v) is 3.78. The van der Waals surface area contributed by atoms with E-state index < -0.39 is 18.2 Å². The molecule has 26 heavy (non-hydrogen) atoms. The number of aryl methyl sites for hydroxylation is 1. The molecular formula is C16H17N5O5. The van der Waals surface area contributed by atoms with Gasteiger partial charge in [-0.25, -0.2) is 9.59 Å². The lowest BCUT2D eigenvalue weighted by Gasteiger charge is -2.22. The first-order chi connectivity index (χ1) is 12.3. The standard InChI is InChI=1S/C16H17N5O5/c1-8-17-14(26-20-8)9-4-5-11-10(6-9)12(19-18-11)7-13(21(2)3)25-16(24)15(22)23/h4-6,13H,7H2,1-3H3,(H,18,19)(H,22,23). The number of carbonyl (C=O) groups is 2. The van der Waals surface area contributed by atoms with Crippen LogP contribution in [0, 0.1) is 6.92 Å². The fourth-order valence-electron chi connectivity index (χ4n) is 2.44. The third kappa shape index (κ3) is 3.54. The first kappa shape index (κ1) is 17.5. The Morgan fingerprint density at radius 1 is 1.38 bits per heavy atom. The van der Waals surface area contributed by atoms with Crippen molar-refractivity contribution in [2.24, 2.45) is 0 Å². The summed E-state index contributed by atoms with van der Waals surface area (Å²) in [5.74, 6) is -2.04. The van der Waals surface area contributed by atoms with Gasteiger partial charge < -0.3 is 14.4 Å². The van der Waals surface area contributed by atoms with E-state index in [2.05, 4.69) is 20.3 Å². The minimum absolute atomic E-state index is 0.207. The number of benzene rings is 1. The summed E-state index contributed by atoms with van der Waals surface area (Å²) in [5, 5.41) is 20.5. The second-order valence-electron chi connectivity index (χ2n) is 5.91. The summed E-state index contributed by atoms with van der Waals surface area (Å²) in [4.78, 5) is 27.9. The summed E-state index contributed by atoms with van der Waals surface area (Å²) in [5.41, 5.74) is 2.13. The van der Waals surface area contributed by atoms with Crippen LogP contribution in [0.4, 0.5) is 0 Å². The zero-order valence-electron chi connectivity index (χ0n) is 14.4. The van der Waals surface area contributed by atoms with Crippen LogP contribution in [0.25, 0.3) is 22.4 Å². The van der Waals surface area contributed by atoms with Crippen LogP contribution in [-0.4, -0.2) is 62.6 Å². The predicted octanol–water partition coefficient (Wildman–Crippen LogP) is 0.979. The Balaban J connectivity index is 1.91. The molecule has 0 aliphatic rings. The lowest BCUT2D eigenvalue weighted by atomic mass is 10.1. The van der Waals surface area contributed by atoms with Crippen molar-refractivity contribution in [3.05, 3.63) is 29.7 Å². The first-order valence-electron chi connectivity index (χ1n) is 7.73. The predicted molar refractivity (Wildman–Crippen MR) is 89.0 cm³/mol. The van der Waals surface area contributed by atoms with Crippen molar-refractivity contribution < 1.29 is 24.0 Å². The minimum Gasteiger partial charge on any atom is -0.473 e. The summed E-state index contributed by atoms with van der Waals surface area (Å²) in [6.45, 7) is 1.73. The highest BCUT2D eigenvalue weighted by Gasteiger charge is 2.24. The van der Waals surface area contributed by atoms with E-state index in [0.717, 1.165) is 16.5 Å². The van der Waals surface area contributed by atoms with E-state index in [1.165, 1.54) is 0 Å². The van der Waals surface area contributed by atoms with Crippen molar-refractivity contribution in [1.82, 2.24) is 25.2 Å². The molecule has 3 rings (SSSR count). The molecule has 0 aliphatic carbocycles. The van der Waals surface area contributed by atoms with Gasteiger partial charge in [-0.1, -0.05) is 5.16 Å². The Bertz CT molecular complexity index is 961. The van der Waals surface area contributed by atoms with Gasteiger partial charge in [-0.05, 0) is 39.2 Å². The number of nitrogens with zero attached hydrogens (tertiary/aromatic N) is 4. The van der Waals surface area contributed by atoms with Gasteiger partial charge in [0, 0.05) is 17.4 Å². The molecule has 2 N–H and O–H groups in total. The van der Waals surface area contributed by atoms with Crippen molar-refractivity contribution in [2.75, 3.05) is 14.1 Å². The number of hydrogen-bond acceptors (Lipinski definition) is 8. The number of fused-ring (bicyclic) bond motifs is 1. The molecule has 1 atom stereocenters. The molecule has 136 valence electrons. The quantitative estimate of drug-likeness (QED) is 0.388. The molecule has 2 aromatic heterocycles. The number of ether oxygens (including phenoxy) is 1. The Hall–Kier alpha value is -3.27. The van der Waals surface area contributed by atoms with Crippen LogP contribution in [0.2, 0.25) is 0 Å². The van der Waals surface area contributed by atoms with Crippen molar-refractivity contribution in [1.29, 1.82) is 0 Å². The molecular weight excluding hydrogens is 342 g/mol. The van der Waals surface area contributed by atoms with Crippen LogP contribution in [0.15, 0.2) is 22.7 Å². The van der Waals surface area contributed by atoms with Gasteiger partial charge in [0.2, 0.25) is 0 Å². The number of carbonyl (C=O) groups excluding carboxylic acids is 1. The normalized spacial score (nSPS) is 12.5. The van der Waals surface area contributed by atoms with Crippen molar-refractivity contribution >= 4 is 22.8 Å². The maximum Gasteiger partial charge on any atom is 0.418 e. The van der Waals surface area contributed by atoms with E-state index in [0.29, 0.717) is 17.4 Å². The fraction of sp³-hybridized carbons (Fsp3) is 0.312. The highest BCUT2D eigenvalue weighted by Crippen LogP contribution is 2.25. The number of aliphatic carboxylic acids is 1. The zero-order valence-corrected chi connectivity index (χ0v) is 14.4. The van der Waals surface area contributed by atoms with Crippen LogP contribution in [-0.2, 0) is 20.7 Å². The minimum atomic E-state index is -1.64. The van der Waals surface area contributed by atoms with Crippen LogP contribution >= 0.6 is 0 Å². The summed E-state index contributed by atoms with van der Waals surface area (Å²) in [6, 6.07) is 5.49. The number of rotatable bonds is 5. The smallest absolute Gasteiger partial charge is 0.418 e. The molecule has 2 heterocycles. The second-order valence-corrected chi connectivity index (χ2v) is 5.91. The number of aromatic nitrogens is 4. The molecule has 0 spiro atoms. The topological polar surface area (TPSA) is 134 Å². The van der Waals surface area contributed by atoms with Gasteiger partial charge in [0.15, 0.2) is 12.1 Å². The first-order valence-corrected chi connectivity index (χ1v) is 7.73. The van der Waals surface area contributed by atoms with E-state index >= 15 is 0 Å². The third-order valence-electron chi connectivity index (χ3n) is 3.78. The van der Waals surface area contributed by atoms with Gasteiger partial charge in [-0.3, -0.25) is 10.00 Å². The van der Waals surface area contributed by atoms with Crippen LogP contribution in [0.3, 0.4) is 0 Å². The van der Waals surface area contributed by atoms with E-state index in [4.69, 9.17) is 14.4 Å². The van der Waals surface area contributed by atoms with E-state index in [9.17, 15) is 9.59 Å². The summed E-state index contributed by atoms with van der Waals surface area (Å²) < 4.78 is 10.2. The largest absolute Gasteiger partial charge is 0.473 e. The van der Waals surface area contributed by atoms with Gasteiger partial charge in [0.25, 0.3) is 5.89 Å². The molecule has 0 aliphatic heterocycles. The lowest BCUT2D eigenvalue weighted by molar-refractivity contribution is -0.172. The van der Waals surface area contributed by atoms with E-state index in [-0.39, 0.29) is 6.42 Å². The van der Waals surface area contributed by atoms with Gasteiger partial charge in [-0.15, -0.1) is 0 Å². The average Bonchev–Trinajstić information content (AvgIpc) is 3.20. The summed E-state index contributed by atoms with van der Waals surface area (Å²) in [6.07, 6.45) is -0.572. The fourth-order valence-corrected chi connectivity index (χ4v) is 2.44. The molecule has 1 aromatic carbocycles. The van der Waals surface area contributed by atoms with Gasteiger partial charge >= 0.3 is 11.9 Å². The number of hydrogen-bond donors (Lipinski definition) is 2. The highest BCUT2D eigenvalue weighted by atomic mass is 16.6. The highest BCUT2D eigenvalue weighted by molar-refractivity contribution is 6.28. The molecule has 10 heteroatoms. The van der Waals surface area contributed by atoms with Crippen molar-refractivity contribution in [2.45, 2.75) is 19.6 Å². The summed E-state index contributed by atoms with van der Waals surface area (Å²) >= 11 is 0. The monoisotopic (exact) mass is 359 g/mol. The molecule has 0 saturated heterocycles. The second kappa shape index (κ2) is 6.92. The maximum absolute atomic E-state index is 11.4. The van der Waals surface area contributed by atoms with Gasteiger partial charge in [0.05, 0.1) is 11.2 Å². The molecule has 0 bridgehead atoms. The molecule has 0 fully saturated rings. The average molecular weight is 359 g/mol. The van der Waals surface area contributed by atoms with E-state index in [1.807, 2.05) is 18.2 Å². The molecule has 0 amide bonds. The SMILES string of the molecule is Cc1noc(-c2ccc3[nH]nc(CC(OC(=O)C(=O)O)N(C)C)c3c2)n1. The number of esters is 1. The van der Waals surface area contributed by atoms with Crippen LogP contribution in [0.5, 0.6) is 0 Å². The molecule has 0 radical (unpaired) electrons. The van der Waals surface area contributed by atoms with Crippen molar-refractivity contribution in [3.8, 4) is 11.5 Å². The Morgan fingerprint density at radius 3 is 2.77 bits per heavy atom. The van der Waals surface area contributed by atoms with Gasteiger partial charge in [0.1, 0.15) is 0 Å². The number of H-pyrrole nitrogens is 1. The molecule has 1 unspecified atom stereocenters. The van der Waals surface area contributed by atoms with Crippen molar-refractivity contribution in [3.63, 3.8) is 0 Å². The van der Waals surface area contributed by atoms with E-state index in [1.54, 1.807) is 25.9 Å².